The highest BCUT2D eigenvalue weighted by Crippen LogP contribution is 2.22. The fourth-order valence-electron chi connectivity index (χ4n) is 1.24. The predicted octanol–water partition coefficient (Wildman–Crippen LogP) is 2.42. The highest BCUT2D eigenvalue weighted by molar-refractivity contribution is 9.10. The van der Waals surface area contributed by atoms with Crippen molar-refractivity contribution in [3.8, 4) is 0 Å². The lowest BCUT2D eigenvalue weighted by molar-refractivity contribution is 0.636. The lowest BCUT2D eigenvalue weighted by Gasteiger charge is -2.03. The third-order valence-electron chi connectivity index (χ3n) is 1.86. The van der Waals surface area contributed by atoms with Gasteiger partial charge in [0, 0.05) is 9.86 Å². The van der Waals surface area contributed by atoms with Crippen LogP contribution in [0.4, 0.5) is 10.2 Å². The normalized spacial score (nSPS) is 10.5. The molecule has 0 saturated carbocycles. The predicted molar refractivity (Wildman–Crippen MR) is 57.2 cm³/mol. The summed E-state index contributed by atoms with van der Waals surface area (Å²) < 4.78 is 14.1. The molecule has 3 nitrogen and oxygen atoms in total. The van der Waals surface area contributed by atoms with E-state index in [1.807, 2.05) is 0 Å². The summed E-state index contributed by atoms with van der Waals surface area (Å²) in [6.45, 7) is 0. The molecular formula is C9H7BrFN3. The second kappa shape index (κ2) is 3.51. The van der Waals surface area contributed by atoms with Crippen LogP contribution in [0.25, 0.3) is 10.9 Å². The number of hydrogen-bond donors (Lipinski definition) is 2. The number of nitrogens with zero attached hydrogens (tertiary/aromatic N) is 1. The molecule has 5 heteroatoms. The van der Waals surface area contributed by atoms with E-state index in [9.17, 15) is 4.39 Å². The highest BCUT2D eigenvalue weighted by atomic mass is 79.9. The molecule has 1 aromatic carbocycles. The minimum atomic E-state index is -0.369. The zero-order chi connectivity index (χ0) is 10.1. The number of aromatic nitrogens is 1. The lowest BCUT2D eigenvalue weighted by atomic mass is 10.2. The fourth-order valence-corrected chi connectivity index (χ4v) is 1.69. The van der Waals surface area contributed by atoms with Gasteiger partial charge < -0.3 is 5.43 Å². The summed E-state index contributed by atoms with van der Waals surface area (Å²) in [4.78, 5) is 4.00. The number of fused-ring (bicyclic) bond motifs is 1. The van der Waals surface area contributed by atoms with Gasteiger partial charge in [-0.2, -0.15) is 0 Å². The van der Waals surface area contributed by atoms with Crippen LogP contribution in [0.2, 0.25) is 0 Å². The number of nitrogens with two attached hydrogens (primary N) is 1. The van der Waals surface area contributed by atoms with E-state index in [2.05, 4.69) is 26.3 Å². The Morgan fingerprint density at radius 2 is 2.14 bits per heavy atom. The first kappa shape index (κ1) is 9.36. The maximum Gasteiger partial charge on any atom is 0.150 e. The van der Waals surface area contributed by atoms with Gasteiger partial charge in [-0.05, 0) is 24.3 Å². The van der Waals surface area contributed by atoms with Crippen molar-refractivity contribution in [1.29, 1.82) is 0 Å². The fraction of sp³-hybridized carbons (Fsp3) is 0. The van der Waals surface area contributed by atoms with Gasteiger partial charge >= 0.3 is 0 Å². The summed E-state index contributed by atoms with van der Waals surface area (Å²) >= 11 is 3.21. The summed E-state index contributed by atoms with van der Waals surface area (Å²) in [5.41, 5.74) is 2.68. The Kier molecular flexibility index (Phi) is 2.35. The monoisotopic (exact) mass is 255 g/mol. The van der Waals surface area contributed by atoms with E-state index in [0.717, 1.165) is 5.39 Å². The van der Waals surface area contributed by atoms with Gasteiger partial charge in [0.05, 0.1) is 0 Å². The van der Waals surface area contributed by atoms with Gasteiger partial charge in [0.2, 0.25) is 0 Å². The van der Waals surface area contributed by atoms with Crippen LogP contribution in [0.5, 0.6) is 0 Å². The number of rotatable bonds is 1. The summed E-state index contributed by atoms with van der Waals surface area (Å²) in [5.74, 6) is 5.25. The van der Waals surface area contributed by atoms with Crippen LogP contribution in [0.15, 0.2) is 28.7 Å². The molecule has 0 atom stereocenters. The van der Waals surface area contributed by atoms with Crippen molar-refractivity contribution < 1.29 is 4.39 Å². The molecule has 2 aromatic rings. The second-order valence-electron chi connectivity index (χ2n) is 2.80. The summed E-state index contributed by atoms with van der Waals surface area (Å²) in [6, 6.07) is 6.61. The minimum absolute atomic E-state index is 0.309. The van der Waals surface area contributed by atoms with Crippen molar-refractivity contribution in [2.45, 2.75) is 0 Å². The Bertz CT molecular complexity index is 487. The number of hydrazine groups is 1. The number of anilines is 1. The Labute approximate surface area is 88.2 Å². The van der Waals surface area contributed by atoms with Crippen molar-refractivity contribution in [3.63, 3.8) is 0 Å². The third-order valence-corrected chi connectivity index (χ3v) is 2.32. The molecule has 0 amide bonds. The Morgan fingerprint density at radius 3 is 2.86 bits per heavy atom. The van der Waals surface area contributed by atoms with E-state index in [0.29, 0.717) is 15.8 Å². The largest absolute Gasteiger partial charge is 0.308 e. The number of benzene rings is 1. The second-order valence-corrected chi connectivity index (χ2v) is 3.72. The lowest BCUT2D eigenvalue weighted by Crippen LogP contribution is -2.08. The van der Waals surface area contributed by atoms with Gasteiger partial charge in [-0.3, -0.25) is 0 Å². The standard InChI is InChI=1S/C9H7BrFN3/c10-6-3-5-1-2-8(14-12)13-9(5)7(11)4-6/h1-4H,12H2,(H,13,14). The summed E-state index contributed by atoms with van der Waals surface area (Å²) in [7, 11) is 0. The van der Waals surface area contributed by atoms with Crippen LogP contribution in [-0.2, 0) is 0 Å². The van der Waals surface area contributed by atoms with Crippen LogP contribution in [0.3, 0.4) is 0 Å². The average Bonchev–Trinajstić information content (AvgIpc) is 2.17. The molecular weight excluding hydrogens is 249 g/mol. The average molecular weight is 256 g/mol. The summed E-state index contributed by atoms with van der Waals surface area (Å²) in [6.07, 6.45) is 0. The van der Waals surface area contributed by atoms with E-state index in [1.165, 1.54) is 6.07 Å². The molecule has 0 spiro atoms. The van der Waals surface area contributed by atoms with Crippen molar-refractivity contribution in [2.24, 2.45) is 5.84 Å². The molecule has 2 rings (SSSR count). The van der Waals surface area contributed by atoms with Gasteiger partial charge in [-0.1, -0.05) is 15.9 Å². The minimum Gasteiger partial charge on any atom is -0.308 e. The van der Waals surface area contributed by atoms with Crippen molar-refractivity contribution in [3.05, 3.63) is 34.6 Å². The van der Waals surface area contributed by atoms with Crippen LogP contribution >= 0.6 is 15.9 Å². The van der Waals surface area contributed by atoms with Crippen LogP contribution < -0.4 is 11.3 Å². The Hall–Kier alpha value is -1.20. The quantitative estimate of drug-likeness (QED) is 0.608. The molecule has 0 unspecified atom stereocenters. The topological polar surface area (TPSA) is 50.9 Å². The van der Waals surface area contributed by atoms with E-state index in [-0.39, 0.29) is 5.82 Å². The van der Waals surface area contributed by atoms with Gasteiger partial charge in [-0.15, -0.1) is 0 Å². The molecule has 1 heterocycles. The molecule has 0 fully saturated rings. The van der Waals surface area contributed by atoms with Gasteiger partial charge in [0.1, 0.15) is 11.3 Å². The molecule has 72 valence electrons. The molecule has 0 aliphatic carbocycles. The molecule has 0 aliphatic heterocycles. The van der Waals surface area contributed by atoms with E-state index < -0.39 is 0 Å². The SMILES string of the molecule is NNc1ccc2cc(Br)cc(F)c2n1. The van der Waals surface area contributed by atoms with Gasteiger partial charge in [0.15, 0.2) is 5.82 Å². The van der Waals surface area contributed by atoms with E-state index in [4.69, 9.17) is 5.84 Å². The van der Waals surface area contributed by atoms with Crippen molar-refractivity contribution >= 4 is 32.7 Å². The van der Waals surface area contributed by atoms with Crippen LogP contribution in [0, 0.1) is 5.82 Å². The number of nitrogen functional groups attached to an aromatic ring is 1. The van der Waals surface area contributed by atoms with Crippen molar-refractivity contribution in [1.82, 2.24) is 4.98 Å². The zero-order valence-corrected chi connectivity index (χ0v) is 8.68. The Morgan fingerprint density at radius 1 is 1.36 bits per heavy atom. The first-order valence-electron chi connectivity index (χ1n) is 3.93. The van der Waals surface area contributed by atoms with Gasteiger partial charge in [0.25, 0.3) is 0 Å². The van der Waals surface area contributed by atoms with Gasteiger partial charge in [-0.25, -0.2) is 15.2 Å². The molecule has 0 bridgehead atoms. The van der Waals surface area contributed by atoms with Crippen LogP contribution in [0.1, 0.15) is 0 Å². The third kappa shape index (κ3) is 1.56. The number of pyridine rings is 1. The molecule has 0 radical (unpaired) electrons. The number of nitrogens with one attached hydrogen (secondary N) is 1. The molecule has 14 heavy (non-hydrogen) atoms. The smallest absolute Gasteiger partial charge is 0.150 e. The highest BCUT2D eigenvalue weighted by Gasteiger charge is 2.04. The zero-order valence-electron chi connectivity index (χ0n) is 7.09. The number of halogens is 2. The van der Waals surface area contributed by atoms with Crippen LogP contribution in [-0.4, -0.2) is 4.98 Å². The van der Waals surface area contributed by atoms with Crippen molar-refractivity contribution in [2.75, 3.05) is 5.43 Å². The van der Waals surface area contributed by atoms with E-state index >= 15 is 0 Å². The maximum atomic E-state index is 13.4. The molecule has 1 aromatic heterocycles. The molecule has 0 aliphatic rings. The first-order chi connectivity index (χ1) is 6.70. The first-order valence-corrected chi connectivity index (χ1v) is 4.72. The maximum absolute atomic E-state index is 13.4. The molecule has 3 N–H and O–H groups in total. The molecule has 0 saturated heterocycles. The summed E-state index contributed by atoms with van der Waals surface area (Å²) in [5, 5.41) is 0.732. The van der Waals surface area contributed by atoms with E-state index in [1.54, 1.807) is 18.2 Å². The number of hydrogen-bond acceptors (Lipinski definition) is 3. The Balaban J connectivity index is 2.75.